The molecule has 110 valence electrons. The third-order valence-corrected chi connectivity index (χ3v) is 4.90. The highest BCUT2D eigenvalue weighted by molar-refractivity contribution is 7.94. The fourth-order valence-corrected chi connectivity index (χ4v) is 2.86. The maximum absolute atomic E-state index is 11.8. The van der Waals surface area contributed by atoms with Gasteiger partial charge in [-0.15, -0.1) is 0 Å². The van der Waals surface area contributed by atoms with E-state index in [4.69, 9.17) is 5.11 Å². The first-order valence-electron chi connectivity index (χ1n) is 6.35. The second kappa shape index (κ2) is 5.66. The Bertz CT molecular complexity index is 579. The van der Waals surface area contributed by atoms with Gasteiger partial charge in [-0.2, -0.15) is 0 Å². The van der Waals surface area contributed by atoms with Gasteiger partial charge < -0.3 is 10.0 Å². The first kappa shape index (κ1) is 14.6. The molecule has 1 aromatic heterocycles. The highest BCUT2D eigenvalue weighted by Crippen LogP contribution is 2.20. The van der Waals surface area contributed by atoms with Gasteiger partial charge in [-0.1, -0.05) is 0 Å². The fourth-order valence-electron chi connectivity index (χ4n) is 1.97. The minimum Gasteiger partial charge on any atom is -0.480 e. The number of carboxylic acids is 1. The second-order valence-electron chi connectivity index (χ2n) is 4.73. The van der Waals surface area contributed by atoms with E-state index in [-0.39, 0.29) is 5.69 Å². The molecule has 0 spiro atoms. The van der Waals surface area contributed by atoms with Crippen LogP contribution in [-0.4, -0.2) is 42.8 Å². The van der Waals surface area contributed by atoms with E-state index in [2.05, 4.69) is 14.6 Å². The topological polar surface area (TPSA) is 99.6 Å². The summed E-state index contributed by atoms with van der Waals surface area (Å²) in [6.45, 7) is 3.03. The Labute approximate surface area is 117 Å². The van der Waals surface area contributed by atoms with E-state index in [1.807, 2.05) is 0 Å². The summed E-state index contributed by atoms with van der Waals surface area (Å²) in [6, 6.07) is 3.32. The molecule has 1 aliphatic rings. The molecule has 0 bridgehead atoms. The van der Waals surface area contributed by atoms with Gasteiger partial charge in [0.25, 0.3) is 0 Å². The Balaban J connectivity index is 2.09. The molecule has 2 heterocycles. The number of hydrogen-bond acceptors (Lipinski definition) is 5. The summed E-state index contributed by atoms with van der Waals surface area (Å²) in [6.07, 6.45) is 3.66. The van der Waals surface area contributed by atoms with E-state index in [1.54, 1.807) is 12.1 Å². The van der Waals surface area contributed by atoms with Gasteiger partial charge in [-0.3, -0.25) is 9.52 Å². The van der Waals surface area contributed by atoms with Gasteiger partial charge in [-0.05, 0) is 31.9 Å². The first-order valence-corrected chi connectivity index (χ1v) is 7.90. The Hall–Kier alpha value is -1.83. The summed E-state index contributed by atoms with van der Waals surface area (Å²) in [5.41, 5.74) is 0.265. The third kappa shape index (κ3) is 3.19. The lowest BCUT2D eigenvalue weighted by Crippen LogP contribution is -2.32. The van der Waals surface area contributed by atoms with Crippen LogP contribution in [0.4, 0.5) is 11.5 Å². The van der Waals surface area contributed by atoms with Gasteiger partial charge >= 0.3 is 5.97 Å². The standard InChI is InChI=1S/C12H17N3O4S/c1-9(12(16)17)20(18,19)14-10-4-5-11(13-8-10)15-6-2-3-7-15/h4-5,8-9,14H,2-3,6-7H2,1H3,(H,16,17). The van der Waals surface area contributed by atoms with Crippen LogP contribution in [0.2, 0.25) is 0 Å². The SMILES string of the molecule is CC(C(=O)O)S(=O)(=O)Nc1ccc(N2CCCC2)nc1. The van der Waals surface area contributed by atoms with Crippen molar-refractivity contribution in [1.29, 1.82) is 0 Å². The molecule has 0 aliphatic carbocycles. The quantitative estimate of drug-likeness (QED) is 0.838. The van der Waals surface area contributed by atoms with Gasteiger partial charge in [0.1, 0.15) is 5.82 Å². The summed E-state index contributed by atoms with van der Waals surface area (Å²) in [5, 5.41) is 7.23. The average molecular weight is 299 g/mol. The summed E-state index contributed by atoms with van der Waals surface area (Å²) < 4.78 is 25.7. The molecular formula is C12H17N3O4S. The lowest BCUT2D eigenvalue weighted by molar-refractivity contribution is -0.136. The van der Waals surface area contributed by atoms with E-state index in [1.165, 1.54) is 6.20 Å². The highest BCUT2D eigenvalue weighted by Gasteiger charge is 2.27. The van der Waals surface area contributed by atoms with Crippen molar-refractivity contribution in [2.75, 3.05) is 22.7 Å². The van der Waals surface area contributed by atoms with Gasteiger partial charge in [0, 0.05) is 13.1 Å². The molecular weight excluding hydrogens is 282 g/mol. The smallest absolute Gasteiger partial charge is 0.323 e. The van der Waals surface area contributed by atoms with Gasteiger partial charge in [0.15, 0.2) is 5.25 Å². The van der Waals surface area contributed by atoms with Crippen LogP contribution >= 0.6 is 0 Å². The van der Waals surface area contributed by atoms with Crippen LogP contribution in [0.15, 0.2) is 18.3 Å². The number of hydrogen-bond donors (Lipinski definition) is 2. The van der Waals surface area contributed by atoms with Crippen LogP contribution in [0.5, 0.6) is 0 Å². The maximum Gasteiger partial charge on any atom is 0.323 e. The Morgan fingerprint density at radius 1 is 1.40 bits per heavy atom. The molecule has 0 amide bonds. The molecule has 0 aromatic carbocycles. The summed E-state index contributed by atoms with van der Waals surface area (Å²) in [5.74, 6) is -0.587. The number of aliphatic carboxylic acids is 1. The van der Waals surface area contributed by atoms with E-state index >= 15 is 0 Å². The molecule has 1 fully saturated rings. The monoisotopic (exact) mass is 299 g/mol. The number of pyridine rings is 1. The van der Waals surface area contributed by atoms with E-state index < -0.39 is 21.2 Å². The van der Waals surface area contributed by atoms with Crippen LogP contribution in [0.25, 0.3) is 0 Å². The molecule has 1 unspecified atom stereocenters. The number of rotatable bonds is 5. The number of carbonyl (C=O) groups is 1. The van der Waals surface area contributed by atoms with Crippen LogP contribution in [-0.2, 0) is 14.8 Å². The van der Waals surface area contributed by atoms with Crippen molar-refractivity contribution in [3.63, 3.8) is 0 Å². The van der Waals surface area contributed by atoms with Gasteiger partial charge in [0.2, 0.25) is 10.0 Å². The molecule has 1 aliphatic heterocycles. The molecule has 20 heavy (non-hydrogen) atoms. The molecule has 2 rings (SSSR count). The third-order valence-electron chi connectivity index (χ3n) is 3.25. The molecule has 0 saturated carbocycles. The zero-order valence-corrected chi connectivity index (χ0v) is 11.9. The Morgan fingerprint density at radius 2 is 2.05 bits per heavy atom. The van der Waals surface area contributed by atoms with Crippen LogP contribution < -0.4 is 9.62 Å². The van der Waals surface area contributed by atoms with Crippen LogP contribution in [0, 0.1) is 0 Å². The number of carboxylic acid groups (broad SMARTS) is 1. The lowest BCUT2D eigenvalue weighted by Gasteiger charge is -2.17. The van der Waals surface area contributed by atoms with Crippen molar-refractivity contribution in [2.24, 2.45) is 0 Å². The minimum absolute atomic E-state index is 0.265. The summed E-state index contributed by atoms with van der Waals surface area (Å²) in [4.78, 5) is 17.0. The van der Waals surface area contributed by atoms with Crippen molar-refractivity contribution in [3.8, 4) is 0 Å². The van der Waals surface area contributed by atoms with Crippen molar-refractivity contribution in [1.82, 2.24) is 4.98 Å². The van der Waals surface area contributed by atoms with E-state index in [9.17, 15) is 13.2 Å². The normalized spacial score (nSPS) is 16.9. The van der Waals surface area contributed by atoms with E-state index in [0.717, 1.165) is 38.7 Å². The number of anilines is 2. The minimum atomic E-state index is -3.95. The largest absolute Gasteiger partial charge is 0.480 e. The lowest BCUT2D eigenvalue weighted by atomic mass is 10.4. The van der Waals surface area contributed by atoms with Crippen molar-refractivity contribution in [3.05, 3.63) is 18.3 Å². The molecule has 1 aromatic rings. The van der Waals surface area contributed by atoms with E-state index in [0.29, 0.717) is 0 Å². The Kier molecular flexibility index (Phi) is 4.12. The zero-order chi connectivity index (χ0) is 14.8. The maximum atomic E-state index is 11.8. The summed E-state index contributed by atoms with van der Waals surface area (Å²) >= 11 is 0. The zero-order valence-electron chi connectivity index (χ0n) is 11.1. The van der Waals surface area contributed by atoms with Crippen LogP contribution in [0.3, 0.4) is 0 Å². The number of sulfonamides is 1. The summed E-state index contributed by atoms with van der Waals surface area (Å²) in [7, 11) is -3.95. The predicted molar refractivity (Wildman–Crippen MR) is 75.3 cm³/mol. The van der Waals surface area contributed by atoms with Crippen LogP contribution in [0.1, 0.15) is 19.8 Å². The molecule has 8 heteroatoms. The highest BCUT2D eigenvalue weighted by atomic mass is 32.2. The molecule has 2 N–H and O–H groups in total. The molecule has 0 radical (unpaired) electrons. The van der Waals surface area contributed by atoms with Gasteiger partial charge in [0.05, 0.1) is 11.9 Å². The van der Waals surface area contributed by atoms with Crippen molar-refractivity contribution >= 4 is 27.5 Å². The number of aromatic nitrogens is 1. The number of nitrogens with one attached hydrogen (secondary N) is 1. The van der Waals surface area contributed by atoms with Crippen molar-refractivity contribution < 1.29 is 18.3 Å². The van der Waals surface area contributed by atoms with Gasteiger partial charge in [-0.25, -0.2) is 13.4 Å². The fraction of sp³-hybridized carbons (Fsp3) is 0.500. The Morgan fingerprint density at radius 3 is 2.55 bits per heavy atom. The number of nitrogens with zero attached hydrogens (tertiary/aromatic N) is 2. The van der Waals surface area contributed by atoms with Crippen molar-refractivity contribution in [2.45, 2.75) is 25.0 Å². The second-order valence-corrected chi connectivity index (χ2v) is 6.73. The molecule has 1 saturated heterocycles. The molecule has 7 nitrogen and oxygen atoms in total. The average Bonchev–Trinajstić information content (AvgIpc) is 2.92. The predicted octanol–water partition coefficient (Wildman–Crippen LogP) is 0.897. The molecule has 1 atom stereocenters. The first-order chi connectivity index (χ1) is 9.40.